The van der Waals surface area contributed by atoms with Crippen LogP contribution >= 0.6 is 0 Å². The van der Waals surface area contributed by atoms with Gasteiger partial charge in [0.05, 0.1) is 24.5 Å². The predicted octanol–water partition coefficient (Wildman–Crippen LogP) is 2.08. The summed E-state index contributed by atoms with van der Waals surface area (Å²) in [5, 5.41) is 12.0. The van der Waals surface area contributed by atoms with Gasteiger partial charge in [-0.25, -0.2) is 9.97 Å². The SMILES string of the molecule is CCOCCCn1c(=O)c(NCCCO)nc2cnc(-c3ccc(OC)nc3)cc21. The number of aromatic nitrogens is 4. The zero-order valence-corrected chi connectivity index (χ0v) is 17.3. The minimum Gasteiger partial charge on any atom is -0.481 e. The zero-order valence-electron chi connectivity index (χ0n) is 17.3. The van der Waals surface area contributed by atoms with Gasteiger partial charge in [0.1, 0.15) is 5.52 Å². The third-order valence-corrected chi connectivity index (χ3v) is 4.58. The maximum atomic E-state index is 13.1. The topological polar surface area (TPSA) is 111 Å². The van der Waals surface area contributed by atoms with Gasteiger partial charge in [0.25, 0.3) is 5.56 Å². The Labute approximate surface area is 174 Å². The lowest BCUT2D eigenvalue weighted by molar-refractivity contribution is 0.141. The molecule has 0 aliphatic carbocycles. The lowest BCUT2D eigenvalue weighted by Gasteiger charge is -2.14. The van der Waals surface area contributed by atoms with Crippen molar-refractivity contribution < 1.29 is 14.6 Å². The molecule has 0 fully saturated rings. The van der Waals surface area contributed by atoms with Crippen molar-refractivity contribution >= 4 is 16.9 Å². The molecule has 3 aromatic rings. The normalized spacial score (nSPS) is 11.0. The van der Waals surface area contributed by atoms with Crippen molar-refractivity contribution in [2.45, 2.75) is 26.3 Å². The lowest BCUT2D eigenvalue weighted by atomic mass is 10.2. The summed E-state index contributed by atoms with van der Waals surface area (Å²) in [5.41, 5.74) is 2.62. The van der Waals surface area contributed by atoms with Gasteiger partial charge in [-0.05, 0) is 31.9 Å². The number of methoxy groups -OCH3 is 1. The molecule has 3 aromatic heterocycles. The van der Waals surface area contributed by atoms with Crippen LogP contribution in [-0.4, -0.2) is 58.1 Å². The second-order valence-corrected chi connectivity index (χ2v) is 6.62. The Bertz CT molecular complexity index is 1020. The Balaban J connectivity index is 2.01. The summed E-state index contributed by atoms with van der Waals surface area (Å²) in [6.45, 7) is 4.16. The number of hydrogen-bond acceptors (Lipinski definition) is 8. The molecule has 0 radical (unpaired) electrons. The van der Waals surface area contributed by atoms with Gasteiger partial charge in [-0.15, -0.1) is 0 Å². The fraction of sp³-hybridized carbons (Fsp3) is 0.429. The van der Waals surface area contributed by atoms with Crippen molar-refractivity contribution in [2.24, 2.45) is 0 Å². The second-order valence-electron chi connectivity index (χ2n) is 6.62. The van der Waals surface area contributed by atoms with Crippen LogP contribution in [0.25, 0.3) is 22.3 Å². The molecule has 3 heterocycles. The van der Waals surface area contributed by atoms with Gasteiger partial charge in [0, 0.05) is 50.7 Å². The Hall–Kier alpha value is -3.04. The van der Waals surface area contributed by atoms with Crippen LogP contribution in [0.15, 0.2) is 35.4 Å². The van der Waals surface area contributed by atoms with Crippen LogP contribution in [0.4, 0.5) is 5.82 Å². The van der Waals surface area contributed by atoms with Crippen molar-refractivity contribution in [1.29, 1.82) is 0 Å². The molecule has 0 saturated heterocycles. The molecule has 0 unspecified atom stereocenters. The number of anilines is 1. The van der Waals surface area contributed by atoms with Crippen LogP contribution in [0.1, 0.15) is 19.8 Å². The average Bonchev–Trinajstić information content (AvgIpc) is 2.78. The molecule has 3 rings (SSSR count). The number of rotatable bonds is 11. The standard InChI is InChI=1S/C21H27N5O4/c1-3-30-11-5-9-26-18-12-16(15-6-7-19(29-2)24-13-15)23-14-17(18)25-20(21(26)28)22-8-4-10-27/h6-7,12-14,27H,3-5,8-11H2,1-2H3,(H,22,25). The van der Waals surface area contributed by atoms with E-state index in [1.165, 1.54) is 0 Å². The van der Waals surface area contributed by atoms with Gasteiger partial charge in [0.2, 0.25) is 5.88 Å². The molecule has 9 nitrogen and oxygen atoms in total. The molecule has 2 N–H and O–H groups in total. The molecule has 160 valence electrons. The number of ether oxygens (including phenoxy) is 2. The van der Waals surface area contributed by atoms with Crippen LogP contribution in [0.3, 0.4) is 0 Å². The van der Waals surface area contributed by atoms with Gasteiger partial charge < -0.3 is 24.5 Å². The quantitative estimate of drug-likeness (QED) is 0.460. The highest BCUT2D eigenvalue weighted by atomic mass is 16.5. The van der Waals surface area contributed by atoms with Gasteiger partial charge in [0.15, 0.2) is 5.82 Å². The van der Waals surface area contributed by atoms with Crippen molar-refractivity contribution in [3.05, 3.63) is 40.9 Å². The predicted molar refractivity (Wildman–Crippen MR) is 115 cm³/mol. The number of nitrogens with one attached hydrogen (secondary N) is 1. The van der Waals surface area contributed by atoms with E-state index in [4.69, 9.17) is 14.6 Å². The van der Waals surface area contributed by atoms with Crippen LogP contribution in [0.2, 0.25) is 0 Å². The third-order valence-electron chi connectivity index (χ3n) is 4.58. The van der Waals surface area contributed by atoms with Crippen LogP contribution in [-0.2, 0) is 11.3 Å². The molecule has 0 bridgehead atoms. The Morgan fingerprint density at radius 3 is 2.77 bits per heavy atom. The fourth-order valence-electron chi connectivity index (χ4n) is 3.05. The summed E-state index contributed by atoms with van der Waals surface area (Å²) in [6.07, 6.45) is 4.57. The maximum absolute atomic E-state index is 13.1. The first-order valence-electron chi connectivity index (χ1n) is 10.0. The summed E-state index contributed by atoms with van der Waals surface area (Å²) in [7, 11) is 1.56. The highest BCUT2D eigenvalue weighted by Crippen LogP contribution is 2.22. The summed E-state index contributed by atoms with van der Waals surface area (Å²) in [6, 6.07) is 5.49. The first kappa shape index (κ1) is 21.7. The molecule has 0 amide bonds. The monoisotopic (exact) mass is 413 g/mol. The second kappa shape index (κ2) is 10.7. The smallest absolute Gasteiger partial charge is 0.293 e. The number of aliphatic hydroxyl groups is 1. The van der Waals surface area contributed by atoms with Gasteiger partial charge in [-0.2, -0.15) is 0 Å². The Kier molecular flexibility index (Phi) is 7.69. The van der Waals surface area contributed by atoms with Gasteiger partial charge >= 0.3 is 0 Å². The summed E-state index contributed by atoms with van der Waals surface area (Å²) < 4.78 is 12.2. The van der Waals surface area contributed by atoms with E-state index in [-0.39, 0.29) is 18.0 Å². The summed E-state index contributed by atoms with van der Waals surface area (Å²) in [4.78, 5) is 26.2. The minimum atomic E-state index is -0.207. The highest BCUT2D eigenvalue weighted by molar-refractivity contribution is 5.80. The number of aryl methyl sites for hydroxylation is 1. The van der Waals surface area contributed by atoms with E-state index in [1.807, 2.05) is 19.1 Å². The fourth-order valence-corrected chi connectivity index (χ4v) is 3.05. The van der Waals surface area contributed by atoms with E-state index in [1.54, 1.807) is 30.1 Å². The number of pyridine rings is 2. The van der Waals surface area contributed by atoms with Gasteiger partial charge in [-0.1, -0.05) is 0 Å². The molecule has 0 aromatic carbocycles. The van der Waals surface area contributed by atoms with Crippen LogP contribution in [0, 0.1) is 0 Å². The van der Waals surface area contributed by atoms with Crippen molar-refractivity contribution in [3.8, 4) is 17.1 Å². The molecule has 0 aliphatic heterocycles. The molecule has 0 aliphatic rings. The highest BCUT2D eigenvalue weighted by Gasteiger charge is 2.13. The molecule has 0 saturated carbocycles. The molecule has 9 heteroatoms. The van der Waals surface area contributed by atoms with Crippen molar-refractivity contribution in [2.75, 3.05) is 38.8 Å². The maximum Gasteiger partial charge on any atom is 0.293 e. The largest absolute Gasteiger partial charge is 0.481 e. The Morgan fingerprint density at radius 1 is 1.20 bits per heavy atom. The van der Waals surface area contributed by atoms with Crippen LogP contribution < -0.4 is 15.6 Å². The molecule has 0 spiro atoms. The summed E-state index contributed by atoms with van der Waals surface area (Å²) >= 11 is 0. The lowest BCUT2D eigenvalue weighted by Crippen LogP contribution is -2.26. The zero-order chi connectivity index (χ0) is 21.3. The molecular weight excluding hydrogens is 386 g/mol. The Morgan fingerprint density at radius 2 is 2.07 bits per heavy atom. The number of nitrogens with zero attached hydrogens (tertiary/aromatic N) is 4. The summed E-state index contributed by atoms with van der Waals surface area (Å²) in [5.74, 6) is 0.778. The number of aliphatic hydroxyl groups excluding tert-OH is 1. The number of fused-ring (bicyclic) bond motifs is 1. The van der Waals surface area contributed by atoms with Gasteiger partial charge in [-0.3, -0.25) is 9.78 Å². The van der Waals surface area contributed by atoms with E-state index < -0.39 is 0 Å². The number of hydrogen-bond donors (Lipinski definition) is 2. The van der Waals surface area contributed by atoms with E-state index in [0.717, 1.165) is 5.56 Å². The molecule has 0 atom stereocenters. The first-order valence-corrected chi connectivity index (χ1v) is 10.0. The van der Waals surface area contributed by atoms with E-state index in [0.29, 0.717) is 61.8 Å². The minimum absolute atomic E-state index is 0.0456. The van der Waals surface area contributed by atoms with E-state index in [2.05, 4.69) is 20.3 Å². The third kappa shape index (κ3) is 5.11. The first-order chi connectivity index (χ1) is 14.7. The van der Waals surface area contributed by atoms with Crippen molar-refractivity contribution in [3.63, 3.8) is 0 Å². The van der Waals surface area contributed by atoms with Crippen molar-refractivity contribution in [1.82, 2.24) is 19.5 Å². The van der Waals surface area contributed by atoms with E-state index in [9.17, 15) is 4.79 Å². The average molecular weight is 413 g/mol. The van der Waals surface area contributed by atoms with E-state index >= 15 is 0 Å². The molecular formula is C21H27N5O4. The van der Waals surface area contributed by atoms with Crippen LogP contribution in [0.5, 0.6) is 5.88 Å². The molecule has 30 heavy (non-hydrogen) atoms.